The van der Waals surface area contributed by atoms with Gasteiger partial charge in [0.25, 0.3) is 0 Å². The highest BCUT2D eigenvalue weighted by Crippen LogP contribution is 2.20. The van der Waals surface area contributed by atoms with Gasteiger partial charge < -0.3 is 10.4 Å². The van der Waals surface area contributed by atoms with Crippen molar-refractivity contribution < 1.29 is 5.11 Å². The molecule has 0 aliphatic rings. The number of fused-ring (bicyclic) bond motifs is 1. The highest BCUT2D eigenvalue weighted by molar-refractivity contribution is 6.28. The minimum Gasteiger partial charge on any atom is -0.508 e. The van der Waals surface area contributed by atoms with Crippen LogP contribution in [0.2, 0.25) is 5.28 Å². The quantitative estimate of drug-likeness (QED) is 0.639. The largest absolute Gasteiger partial charge is 0.508 e. The molecule has 0 unspecified atom stereocenters. The van der Waals surface area contributed by atoms with Crippen molar-refractivity contribution in [3.8, 4) is 5.75 Å². The molecular weight excluding hydrogens is 266 g/mol. The lowest BCUT2D eigenvalue weighted by molar-refractivity contribution is 0.475. The van der Waals surface area contributed by atoms with E-state index in [0.717, 1.165) is 10.9 Å². The molecule has 96 valence electrons. The molecule has 2 aromatic heterocycles. The zero-order chi connectivity index (χ0) is 13.2. The lowest BCUT2D eigenvalue weighted by atomic mass is 10.2. The molecule has 3 N–H and O–H groups in total. The monoisotopic (exact) mass is 275 g/mol. The molecule has 0 aliphatic heterocycles. The van der Waals surface area contributed by atoms with Crippen LogP contribution in [0.5, 0.6) is 5.75 Å². The standard InChI is InChI=1S/C12H10ClN5O/c13-12-16-10(9-6-15-18-11(9)17-12)14-5-7-1-3-8(19)4-2-7/h1-4,6,19H,5H2,(H2,14,15,16,17,18). The average Bonchev–Trinajstić information content (AvgIpc) is 2.85. The van der Waals surface area contributed by atoms with Crippen molar-refractivity contribution in [1.29, 1.82) is 0 Å². The number of aromatic hydroxyl groups is 1. The van der Waals surface area contributed by atoms with Crippen molar-refractivity contribution in [3.05, 3.63) is 41.3 Å². The van der Waals surface area contributed by atoms with E-state index in [0.29, 0.717) is 18.0 Å². The predicted molar refractivity (Wildman–Crippen MR) is 72.1 cm³/mol. The van der Waals surface area contributed by atoms with Crippen LogP contribution >= 0.6 is 11.6 Å². The molecule has 19 heavy (non-hydrogen) atoms. The molecule has 3 aromatic rings. The Morgan fingerprint density at radius 3 is 2.79 bits per heavy atom. The van der Waals surface area contributed by atoms with Gasteiger partial charge >= 0.3 is 0 Å². The minimum absolute atomic E-state index is 0.157. The molecule has 0 bridgehead atoms. The van der Waals surface area contributed by atoms with Crippen LogP contribution in [0.3, 0.4) is 0 Å². The number of halogens is 1. The highest BCUT2D eigenvalue weighted by Gasteiger charge is 2.07. The van der Waals surface area contributed by atoms with Gasteiger partial charge in [0.05, 0.1) is 11.6 Å². The maximum atomic E-state index is 9.22. The van der Waals surface area contributed by atoms with E-state index >= 15 is 0 Å². The topological polar surface area (TPSA) is 86.7 Å². The van der Waals surface area contributed by atoms with E-state index in [1.807, 2.05) is 12.1 Å². The molecular formula is C12H10ClN5O. The van der Waals surface area contributed by atoms with E-state index < -0.39 is 0 Å². The molecule has 0 amide bonds. The molecule has 0 atom stereocenters. The Balaban J connectivity index is 1.85. The van der Waals surface area contributed by atoms with E-state index in [1.54, 1.807) is 18.3 Å². The first-order chi connectivity index (χ1) is 9.22. The first kappa shape index (κ1) is 11.7. The van der Waals surface area contributed by atoms with Gasteiger partial charge in [0.2, 0.25) is 5.28 Å². The molecule has 0 aliphatic carbocycles. The van der Waals surface area contributed by atoms with Gasteiger partial charge in [-0.3, -0.25) is 5.10 Å². The lowest BCUT2D eigenvalue weighted by Crippen LogP contribution is -2.02. The number of aromatic amines is 1. The number of benzene rings is 1. The number of hydrogen-bond acceptors (Lipinski definition) is 5. The Morgan fingerprint density at radius 1 is 1.21 bits per heavy atom. The lowest BCUT2D eigenvalue weighted by Gasteiger charge is -2.06. The maximum absolute atomic E-state index is 9.22. The summed E-state index contributed by atoms with van der Waals surface area (Å²) in [4.78, 5) is 8.17. The fourth-order valence-electron chi connectivity index (χ4n) is 1.74. The first-order valence-electron chi connectivity index (χ1n) is 5.61. The van der Waals surface area contributed by atoms with E-state index in [1.165, 1.54) is 0 Å². The summed E-state index contributed by atoms with van der Waals surface area (Å²) in [6.07, 6.45) is 1.64. The third kappa shape index (κ3) is 2.43. The van der Waals surface area contributed by atoms with E-state index in [2.05, 4.69) is 25.5 Å². The zero-order valence-electron chi connectivity index (χ0n) is 9.76. The Kier molecular flexibility index (Phi) is 2.92. The highest BCUT2D eigenvalue weighted by atomic mass is 35.5. The van der Waals surface area contributed by atoms with Crippen LogP contribution in [0.1, 0.15) is 5.56 Å². The molecule has 2 heterocycles. The van der Waals surface area contributed by atoms with Crippen molar-refractivity contribution in [2.45, 2.75) is 6.54 Å². The second-order valence-corrected chi connectivity index (χ2v) is 4.33. The molecule has 0 spiro atoms. The molecule has 0 saturated carbocycles. The predicted octanol–water partition coefficient (Wildman–Crippen LogP) is 2.32. The van der Waals surface area contributed by atoms with Crippen LogP contribution in [-0.4, -0.2) is 25.3 Å². The van der Waals surface area contributed by atoms with Crippen molar-refractivity contribution >= 4 is 28.5 Å². The number of nitrogens with one attached hydrogen (secondary N) is 2. The summed E-state index contributed by atoms with van der Waals surface area (Å²) in [5.41, 5.74) is 1.61. The van der Waals surface area contributed by atoms with Gasteiger partial charge in [0.15, 0.2) is 5.65 Å². The fraction of sp³-hybridized carbons (Fsp3) is 0.0833. The number of phenolic OH excluding ortho intramolecular Hbond substituents is 1. The second kappa shape index (κ2) is 4.74. The molecule has 6 nitrogen and oxygen atoms in total. The van der Waals surface area contributed by atoms with E-state index in [9.17, 15) is 5.11 Å². The Hall–Kier alpha value is -2.34. The Labute approximate surface area is 113 Å². The average molecular weight is 276 g/mol. The zero-order valence-corrected chi connectivity index (χ0v) is 10.5. The van der Waals surface area contributed by atoms with Gasteiger partial charge in [-0.25, -0.2) is 0 Å². The first-order valence-corrected chi connectivity index (χ1v) is 5.98. The van der Waals surface area contributed by atoms with E-state index in [4.69, 9.17) is 11.6 Å². The van der Waals surface area contributed by atoms with Crippen molar-refractivity contribution in [1.82, 2.24) is 20.2 Å². The van der Waals surface area contributed by atoms with Gasteiger partial charge in [-0.1, -0.05) is 12.1 Å². The van der Waals surface area contributed by atoms with Crippen molar-refractivity contribution in [2.24, 2.45) is 0 Å². The van der Waals surface area contributed by atoms with Gasteiger partial charge in [-0.05, 0) is 29.3 Å². The van der Waals surface area contributed by atoms with E-state index in [-0.39, 0.29) is 11.0 Å². The summed E-state index contributed by atoms with van der Waals surface area (Å²) in [7, 11) is 0. The van der Waals surface area contributed by atoms with Crippen LogP contribution in [0.15, 0.2) is 30.5 Å². The van der Waals surface area contributed by atoms with Crippen LogP contribution in [0.25, 0.3) is 11.0 Å². The Bertz CT molecular complexity index is 710. The summed E-state index contributed by atoms with van der Waals surface area (Å²) >= 11 is 5.84. The van der Waals surface area contributed by atoms with Crippen molar-refractivity contribution in [3.63, 3.8) is 0 Å². The molecule has 1 aromatic carbocycles. The third-order valence-corrected chi connectivity index (χ3v) is 2.85. The number of phenols is 1. The normalized spacial score (nSPS) is 10.8. The second-order valence-electron chi connectivity index (χ2n) is 3.99. The summed E-state index contributed by atoms with van der Waals surface area (Å²) < 4.78 is 0. The van der Waals surface area contributed by atoms with Crippen molar-refractivity contribution in [2.75, 3.05) is 5.32 Å². The van der Waals surface area contributed by atoms with Crippen LogP contribution < -0.4 is 5.32 Å². The van der Waals surface area contributed by atoms with Crippen LogP contribution in [0, 0.1) is 0 Å². The third-order valence-electron chi connectivity index (χ3n) is 2.68. The molecule has 0 fully saturated rings. The summed E-state index contributed by atoms with van der Waals surface area (Å²) in [5, 5.41) is 20.0. The van der Waals surface area contributed by atoms with Gasteiger partial charge in [-0.15, -0.1) is 0 Å². The van der Waals surface area contributed by atoms with Gasteiger partial charge in [-0.2, -0.15) is 15.1 Å². The summed E-state index contributed by atoms with van der Waals surface area (Å²) in [5.74, 6) is 0.864. The molecule has 3 rings (SSSR count). The van der Waals surface area contributed by atoms with Crippen LogP contribution in [-0.2, 0) is 6.54 Å². The number of nitrogens with zero attached hydrogens (tertiary/aromatic N) is 3. The van der Waals surface area contributed by atoms with Crippen LogP contribution in [0.4, 0.5) is 5.82 Å². The summed E-state index contributed by atoms with van der Waals surface area (Å²) in [6, 6.07) is 6.93. The van der Waals surface area contributed by atoms with Gasteiger partial charge in [0, 0.05) is 6.54 Å². The summed E-state index contributed by atoms with van der Waals surface area (Å²) in [6.45, 7) is 0.563. The smallest absolute Gasteiger partial charge is 0.226 e. The number of hydrogen-bond donors (Lipinski definition) is 3. The SMILES string of the molecule is Oc1ccc(CNc2nc(Cl)nc3[nH]ncc23)cc1. The number of anilines is 1. The molecule has 0 radical (unpaired) electrons. The molecule has 7 heteroatoms. The Morgan fingerprint density at radius 2 is 2.00 bits per heavy atom. The number of H-pyrrole nitrogens is 1. The molecule has 0 saturated heterocycles. The number of aromatic nitrogens is 4. The number of rotatable bonds is 3. The maximum Gasteiger partial charge on any atom is 0.226 e. The van der Waals surface area contributed by atoms with Gasteiger partial charge in [0.1, 0.15) is 11.6 Å². The fourth-order valence-corrected chi connectivity index (χ4v) is 1.91. The minimum atomic E-state index is 0.157.